The molecule has 2 fully saturated rings. The van der Waals surface area contributed by atoms with Crippen LogP contribution in [0.25, 0.3) is 0 Å². The maximum Gasteiger partial charge on any atom is 0.227 e. The van der Waals surface area contributed by atoms with Crippen LogP contribution in [0.1, 0.15) is 12.5 Å². The van der Waals surface area contributed by atoms with Gasteiger partial charge in [0.1, 0.15) is 5.82 Å². The van der Waals surface area contributed by atoms with Gasteiger partial charge in [-0.2, -0.15) is 0 Å². The zero-order valence-corrected chi connectivity index (χ0v) is 12.3. The van der Waals surface area contributed by atoms with Gasteiger partial charge >= 0.3 is 0 Å². The lowest BCUT2D eigenvalue weighted by Crippen LogP contribution is -2.46. The number of rotatable bonds is 3. The largest absolute Gasteiger partial charge is 0.379 e. The van der Waals surface area contributed by atoms with Crippen molar-refractivity contribution in [3.05, 3.63) is 35.6 Å². The zero-order chi connectivity index (χ0) is 14.8. The van der Waals surface area contributed by atoms with E-state index in [2.05, 4.69) is 4.90 Å². The zero-order valence-electron chi connectivity index (χ0n) is 12.3. The van der Waals surface area contributed by atoms with E-state index in [-0.39, 0.29) is 23.7 Å². The molecular formula is C16H21FN2O2. The molecule has 0 saturated carbocycles. The monoisotopic (exact) mass is 292 g/mol. The number of benzene rings is 1. The van der Waals surface area contributed by atoms with Gasteiger partial charge in [0.2, 0.25) is 5.91 Å². The third-order valence-corrected chi connectivity index (χ3v) is 4.49. The molecule has 21 heavy (non-hydrogen) atoms. The summed E-state index contributed by atoms with van der Waals surface area (Å²) in [6.07, 6.45) is 0. The summed E-state index contributed by atoms with van der Waals surface area (Å²) in [6, 6.07) is 6.64. The van der Waals surface area contributed by atoms with E-state index in [1.807, 2.05) is 11.8 Å². The lowest BCUT2D eigenvalue weighted by molar-refractivity contribution is -0.131. The molecule has 0 N–H and O–H groups in total. The SMILES string of the molecule is CC1C(=O)N(Cc2ccc(F)cc2)CC1N1CCOCC1. The van der Waals surface area contributed by atoms with Crippen LogP contribution in [0.3, 0.4) is 0 Å². The first-order valence-electron chi connectivity index (χ1n) is 7.50. The lowest BCUT2D eigenvalue weighted by Gasteiger charge is -2.33. The maximum atomic E-state index is 12.9. The van der Waals surface area contributed by atoms with Crippen molar-refractivity contribution in [2.45, 2.75) is 19.5 Å². The number of nitrogens with zero attached hydrogens (tertiary/aromatic N) is 2. The summed E-state index contributed by atoms with van der Waals surface area (Å²) in [7, 11) is 0. The van der Waals surface area contributed by atoms with Crippen LogP contribution in [0.2, 0.25) is 0 Å². The number of hydrogen-bond donors (Lipinski definition) is 0. The highest BCUT2D eigenvalue weighted by Crippen LogP contribution is 2.25. The fourth-order valence-electron chi connectivity index (χ4n) is 3.22. The summed E-state index contributed by atoms with van der Waals surface area (Å²) in [5.74, 6) is -0.0366. The molecule has 0 aromatic heterocycles. The Morgan fingerprint density at radius 2 is 1.90 bits per heavy atom. The molecule has 4 nitrogen and oxygen atoms in total. The molecule has 2 atom stereocenters. The molecule has 2 unspecified atom stereocenters. The molecule has 2 saturated heterocycles. The third-order valence-electron chi connectivity index (χ3n) is 4.49. The van der Waals surface area contributed by atoms with Gasteiger partial charge < -0.3 is 9.64 Å². The van der Waals surface area contributed by atoms with Gasteiger partial charge in [0, 0.05) is 32.2 Å². The average Bonchev–Trinajstić information content (AvgIpc) is 2.79. The fraction of sp³-hybridized carbons (Fsp3) is 0.562. The van der Waals surface area contributed by atoms with Crippen LogP contribution in [-0.4, -0.2) is 54.6 Å². The molecule has 2 aliphatic heterocycles. The minimum Gasteiger partial charge on any atom is -0.379 e. The Hall–Kier alpha value is -1.46. The first-order chi connectivity index (χ1) is 10.1. The fourth-order valence-corrected chi connectivity index (χ4v) is 3.22. The van der Waals surface area contributed by atoms with E-state index in [0.29, 0.717) is 6.54 Å². The Morgan fingerprint density at radius 1 is 1.24 bits per heavy atom. The summed E-state index contributed by atoms with van der Waals surface area (Å²) >= 11 is 0. The van der Waals surface area contributed by atoms with Crippen molar-refractivity contribution in [2.24, 2.45) is 5.92 Å². The highest BCUT2D eigenvalue weighted by molar-refractivity contribution is 5.81. The number of hydrogen-bond acceptors (Lipinski definition) is 3. The Labute approximate surface area is 124 Å². The van der Waals surface area contributed by atoms with Crippen molar-refractivity contribution in [1.82, 2.24) is 9.80 Å². The second-order valence-corrected chi connectivity index (χ2v) is 5.85. The van der Waals surface area contributed by atoms with Crippen molar-refractivity contribution in [1.29, 1.82) is 0 Å². The molecule has 2 heterocycles. The summed E-state index contributed by atoms with van der Waals surface area (Å²) < 4.78 is 18.3. The molecule has 1 aromatic carbocycles. The van der Waals surface area contributed by atoms with Crippen molar-refractivity contribution in [3.63, 3.8) is 0 Å². The van der Waals surface area contributed by atoms with Crippen molar-refractivity contribution in [3.8, 4) is 0 Å². The second kappa shape index (κ2) is 6.12. The minimum atomic E-state index is -0.244. The first kappa shape index (κ1) is 14.5. The molecule has 114 valence electrons. The summed E-state index contributed by atoms with van der Waals surface area (Å²) in [5, 5.41) is 0. The molecule has 0 radical (unpaired) electrons. The van der Waals surface area contributed by atoms with Gasteiger partial charge in [-0.25, -0.2) is 4.39 Å². The number of carbonyl (C=O) groups is 1. The predicted octanol–water partition coefficient (Wildman–Crippen LogP) is 1.50. The van der Waals surface area contributed by atoms with E-state index in [1.54, 1.807) is 12.1 Å². The van der Waals surface area contributed by atoms with Crippen LogP contribution in [0.5, 0.6) is 0 Å². The molecule has 3 rings (SSSR count). The van der Waals surface area contributed by atoms with Gasteiger partial charge in [0.25, 0.3) is 0 Å². The average molecular weight is 292 g/mol. The highest BCUT2D eigenvalue weighted by atomic mass is 19.1. The molecular weight excluding hydrogens is 271 g/mol. The number of halogens is 1. The maximum absolute atomic E-state index is 12.9. The Bertz CT molecular complexity index is 500. The van der Waals surface area contributed by atoms with Crippen LogP contribution in [-0.2, 0) is 16.1 Å². The van der Waals surface area contributed by atoms with Crippen molar-refractivity contribution < 1.29 is 13.9 Å². The molecule has 1 amide bonds. The standard InChI is InChI=1S/C16H21FN2O2/c1-12-15(18-6-8-21-9-7-18)11-19(16(12)20)10-13-2-4-14(17)5-3-13/h2-5,12,15H,6-11H2,1H3. The third kappa shape index (κ3) is 3.09. The van der Waals surface area contributed by atoms with Crippen molar-refractivity contribution in [2.75, 3.05) is 32.8 Å². The molecule has 0 aliphatic carbocycles. The summed E-state index contributed by atoms with van der Waals surface area (Å²) in [4.78, 5) is 16.7. The van der Waals surface area contributed by atoms with E-state index in [9.17, 15) is 9.18 Å². The van der Waals surface area contributed by atoms with E-state index in [4.69, 9.17) is 4.74 Å². The van der Waals surface area contributed by atoms with Gasteiger partial charge in [0.15, 0.2) is 0 Å². The van der Waals surface area contributed by atoms with Gasteiger partial charge in [-0.1, -0.05) is 19.1 Å². The van der Waals surface area contributed by atoms with E-state index in [1.165, 1.54) is 12.1 Å². The predicted molar refractivity (Wildman–Crippen MR) is 77.2 cm³/mol. The van der Waals surface area contributed by atoms with E-state index < -0.39 is 0 Å². The summed E-state index contributed by atoms with van der Waals surface area (Å²) in [5.41, 5.74) is 0.972. The van der Waals surface area contributed by atoms with Gasteiger partial charge in [0.05, 0.1) is 19.1 Å². The molecule has 2 aliphatic rings. The highest BCUT2D eigenvalue weighted by Gasteiger charge is 2.40. The molecule has 0 bridgehead atoms. The smallest absolute Gasteiger partial charge is 0.227 e. The summed E-state index contributed by atoms with van der Waals surface area (Å²) in [6.45, 7) is 6.60. The quantitative estimate of drug-likeness (QED) is 0.846. The second-order valence-electron chi connectivity index (χ2n) is 5.85. The van der Waals surface area contributed by atoms with Crippen LogP contribution in [0.4, 0.5) is 4.39 Å². The van der Waals surface area contributed by atoms with E-state index in [0.717, 1.165) is 38.4 Å². The normalized spacial score (nSPS) is 27.3. The Morgan fingerprint density at radius 3 is 2.57 bits per heavy atom. The van der Waals surface area contributed by atoms with Crippen LogP contribution < -0.4 is 0 Å². The number of likely N-dealkylation sites (tertiary alicyclic amines) is 1. The molecule has 0 spiro atoms. The number of amides is 1. The van der Waals surface area contributed by atoms with Crippen LogP contribution in [0.15, 0.2) is 24.3 Å². The number of carbonyl (C=O) groups excluding carboxylic acids is 1. The first-order valence-corrected chi connectivity index (χ1v) is 7.50. The Balaban J connectivity index is 1.66. The molecule has 5 heteroatoms. The number of ether oxygens (including phenoxy) is 1. The van der Waals surface area contributed by atoms with Gasteiger partial charge in [-0.05, 0) is 17.7 Å². The Kier molecular flexibility index (Phi) is 4.22. The topological polar surface area (TPSA) is 32.8 Å². The number of morpholine rings is 1. The van der Waals surface area contributed by atoms with Gasteiger partial charge in [-0.15, -0.1) is 0 Å². The minimum absolute atomic E-state index is 0.0172. The van der Waals surface area contributed by atoms with E-state index >= 15 is 0 Å². The van der Waals surface area contributed by atoms with Crippen molar-refractivity contribution >= 4 is 5.91 Å². The van der Waals surface area contributed by atoms with Crippen LogP contribution >= 0.6 is 0 Å². The lowest BCUT2D eigenvalue weighted by atomic mass is 10.0. The molecule has 1 aromatic rings. The van der Waals surface area contributed by atoms with Gasteiger partial charge in [-0.3, -0.25) is 9.69 Å². The van der Waals surface area contributed by atoms with Crippen LogP contribution in [0, 0.1) is 11.7 Å².